The highest BCUT2D eigenvalue weighted by Crippen LogP contribution is 2.55. The van der Waals surface area contributed by atoms with Crippen molar-refractivity contribution in [2.45, 2.75) is 62.1 Å². The van der Waals surface area contributed by atoms with E-state index >= 15 is 0 Å². The second-order valence-electron chi connectivity index (χ2n) is 7.61. The first-order valence-electron chi connectivity index (χ1n) is 10.2. The van der Waals surface area contributed by atoms with E-state index in [1.165, 1.54) is 12.1 Å². The van der Waals surface area contributed by atoms with Gasteiger partial charge in [-0.1, -0.05) is 0 Å². The van der Waals surface area contributed by atoms with Crippen LogP contribution in [0.5, 0.6) is 5.75 Å². The first-order chi connectivity index (χ1) is 15.9. The zero-order chi connectivity index (χ0) is 25.5. The van der Waals surface area contributed by atoms with Gasteiger partial charge in [0.2, 0.25) is 6.29 Å². The fourth-order valence-corrected chi connectivity index (χ4v) is 3.66. The Labute approximate surface area is 200 Å². The Bertz CT molecular complexity index is 911. The zero-order valence-electron chi connectivity index (χ0n) is 17.9. The van der Waals surface area contributed by atoms with E-state index in [2.05, 4.69) is 16.6 Å². The third-order valence-corrected chi connectivity index (χ3v) is 6.22. The quantitative estimate of drug-likeness (QED) is 0.102. The van der Waals surface area contributed by atoms with Crippen LogP contribution in [0, 0.1) is 12.3 Å². The number of benzene rings is 1. The predicted molar refractivity (Wildman–Crippen MR) is 122 cm³/mol. The van der Waals surface area contributed by atoms with E-state index < -0.39 is 50.4 Å². The van der Waals surface area contributed by atoms with Crippen molar-refractivity contribution in [3.8, 4) is 18.1 Å². The molecule has 7 N–H and O–H groups in total. The highest BCUT2D eigenvalue weighted by molar-refractivity contribution is 7.80. The van der Waals surface area contributed by atoms with E-state index in [0.29, 0.717) is 23.8 Å². The lowest BCUT2D eigenvalue weighted by Crippen LogP contribution is -2.60. The third kappa shape index (κ3) is 7.83. The molecule has 0 radical (unpaired) electrons. The van der Waals surface area contributed by atoms with Crippen LogP contribution in [0.4, 0.5) is 14.5 Å². The van der Waals surface area contributed by atoms with Crippen molar-refractivity contribution < 1.29 is 47.9 Å². The van der Waals surface area contributed by atoms with Gasteiger partial charge in [-0.3, -0.25) is 4.57 Å². The SMILES string of the molecule is C#CCCCCNC(=S)Nc1ccc(O[C@H]2O[C@H](CC(F)(F)P(=O)(O)O)[C@@H](O)[C@H](O)[C@@H]2O)cc1. The standard InChI is InChI=1S/C20H27F2N2O8PS/c1-2-3-4-5-10-23-19(34)24-12-6-8-13(9-7-12)31-18-17(27)16(26)15(25)14(32-18)11-20(21,22)33(28,29)30/h1,6-9,14-18,25-27H,3-5,10-11H2,(H2,23,24,34)(H2,28,29,30)/t14-,15-,16+,17+,18+/m1/s1. The Balaban J connectivity index is 1.96. The third-order valence-electron chi connectivity index (χ3n) is 4.94. The van der Waals surface area contributed by atoms with Crippen LogP contribution in [0.1, 0.15) is 25.7 Å². The molecule has 0 unspecified atom stereocenters. The fourth-order valence-electron chi connectivity index (χ4n) is 3.02. The lowest BCUT2D eigenvalue weighted by molar-refractivity contribution is -0.279. The average molecular weight is 524 g/mol. The van der Waals surface area contributed by atoms with E-state index in [0.717, 1.165) is 12.8 Å². The van der Waals surface area contributed by atoms with Crippen molar-refractivity contribution in [1.82, 2.24) is 5.32 Å². The summed E-state index contributed by atoms with van der Waals surface area (Å²) >= 11 is 5.18. The van der Waals surface area contributed by atoms with Gasteiger partial charge >= 0.3 is 13.3 Å². The largest absolute Gasteiger partial charge is 0.462 e. The number of ether oxygens (including phenoxy) is 2. The Morgan fingerprint density at radius 3 is 2.41 bits per heavy atom. The second-order valence-corrected chi connectivity index (χ2v) is 9.76. The first kappa shape index (κ1) is 28.4. The average Bonchev–Trinajstić information content (AvgIpc) is 2.75. The molecule has 1 aromatic carbocycles. The van der Waals surface area contributed by atoms with Gasteiger partial charge < -0.3 is 45.2 Å². The van der Waals surface area contributed by atoms with Crippen molar-refractivity contribution in [3.05, 3.63) is 24.3 Å². The number of hydrogen-bond acceptors (Lipinski definition) is 7. The van der Waals surface area contributed by atoms with Gasteiger partial charge in [0.15, 0.2) is 5.11 Å². The summed E-state index contributed by atoms with van der Waals surface area (Å²) in [5.41, 5.74) is -3.93. The lowest BCUT2D eigenvalue weighted by atomic mass is 9.97. The summed E-state index contributed by atoms with van der Waals surface area (Å²) in [6.45, 7) is 0.641. The number of alkyl halides is 2. The van der Waals surface area contributed by atoms with Crippen LogP contribution < -0.4 is 15.4 Å². The summed E-state index contributed by atoms with van der Waals surface area (Å²) in [5.74, 6) is 2.67. The van der Waals surface area contributed by atoms with Gasteiger partial charge in [-0.2, -0.15) is 8.78 Å². The van der Waals surface area contributed by atoms with Gasteiger partial charge in [-0.05, 0) is 49.3 Å². The minimum absolute atomic E-state index is 0.117. The van der Waals surface area contributed by atoms with Crippen molar-refractivity contribution in [3.63, 3.8) is 0 Å². The molecule has 0 aliphatic carbocycles. The number of thiocarbonyl (C=S) groups is 1. The molecule has 0 aromatic heterocycles. The molecule has 0 bridgehead atoms. The van der Waals surface area contributed by atoms with Gasteiger partial charge in [-0.25, -0.2) is 0 Å². The van der Waals surface area contributed by atoms with Crippen LogP contribution in [0.3, 0.4) is 0 Å². The van der Waals surface area contributed by atoms with Gasteiger partial charge in [-0.15, -0.1) is 12.3 Å². The van der Waals surface area contributed by atoms with Crippen LogP contribution in [0.25, 0.3) is 0 Å². The molecule has 1 fully saturated rings. The van der Waals surface area contributed by atoms with Crippen LogP contribution in [0.2, 0.25) is 0 Å². The minimum Gasteiger partial charge on any atom is -0.462 e. The summed E-state index contributed by atoms with van der Waals surface area (Å²) in [6.07, 6.45) is -3.42. The summed E-state index contributed by atoms with van der Waals surface area (Å²) in [5, 5.41) is 36.4. The Kier molecular flexibility index (Phi) is 10.2. The van der Waals surface area contributed by atoms with Crippen LogP contribution in [-0.4, -0.2) is 73.1 Å². The molecule has 1 aromatic rings. The molecule has 1 aliphatic rings. The number of terminal acetylenes is 1. The van der Waals surface area contributed by atoms with Crippen LogP contribution in [-0.2, 0) is 9.30 Å². The molecule has 1 aliphatic heterocycles. The summed E-state index contributed by atoms with van der Waals surface area (Å²) in [6, 6.07) is 6.04. The van der Waals surface area contributed by atoms with E-state index in [1.807, 2.05) is 0 Å². The van der Waals surface area contributed by atoms with Crippen molar-refractivity contribution in [1.29, 1.82) is 0 Å². The van der Waals surface area contributed by atoms with Crippen molar-refractivity contribution in [2.75, 3.05) is 11.9 Å². The molecule has 5 atom stereocenters. The molecule has 2 rings (SSSR count). The number of halogens is 2. The van der Waals surface area contributed by atoms with E-state index in [1.54, 1.807) is 12.1 Å². The topological polar surface area (TPSA) is 161 Å². The molecule has 10 nitrogen and oxygen atoms in total. The molecular formula is C20H27F2N2O8PS. The lowest BCUT2D eigenvalue weighted by Gasteiger charge is -2.41. The second kappa shape index (κ2) is 12.2. The summed E-state index contributed by atoms with van der Waals surface area (Å²) in [7, 11) is -5.85. The molecule has 190 valence electrons. The molecule has 0 spiro atoms. The van der Waals surface area contributed by atoms with Gasteiger partial charge in [0.25, 0.3) is 0 Å². The maximum absolute atomic E-state index is 13.8. The van der Waals surface area contributed by atoms with E-state index in [4.69, 9.17) is 37.9 Å². The molecule has 0 amide bonds. The number of anilines is 1. The molecule has 1 saturated heterocycles. The number of rotatable bonds is 10. The fraction of sp³-hybridized carbons (Fsp3) is 0.550. The Morgan fingerprint density at radius 1 is 1.18 bits per heavy atom. The maximum atomic E-state index is 13.8. The molecule has 14 heteroatoms. The molecule has 1 heterocycles. The molecule has 0 saturated carbocycles. The van der Waals surface area contributed by atoms with Crippen LogP contribution >= 0.6 is 19.8 Å². The van der Waals surface area contributed by atoms with Crippen molar-refractivity contribution >= 4 is 30.6 Å². The number of nitrogens with one attached hydrogen (secondary N) is 2. The number of hydrogen-bond donors (Lipinski definition) is 7. The van der Waals surface area contributed by atoms with E-state index in [9.17, 15) is 28.7 Å². The van der Waals surface area contributed by atoms with Crippen molar-refractivity contribution in [2.24, 2.45) is 0 Å². The maximum Gasteiger partial charge on any atom is 0.394 e. The smallest absolute Gasteiger partial charge is 0.394 e. The monoisotopic (exact) mass is 524 g/mol. The number of aliphatic hydroxyl groups excluding tert-OH is 3. The highest BCUT2D eigenvalue weighted by atomic mass is 32.1. The number of unbranched alkanes of at least 4 members (excludes halogenated alkanes) is 2. The summed E-state index contributed by atoms with van der Waals surface area (Å²) in [4.78, 5) is 17.6. The van der Waals surface area contributed by atoms with Gasteiger partial charge in [0.1, 0.15) is 24.1 Å². The molecule has 34 heavy (non-hydrogen) atoms. The minimum atomic E-state index is -5.85. The highest BCUT2D eigenvalue weighted by Gasteiger charge is 2.55. The van der Waals surface area contributed by atoms with E-state index in [-0.39, 0.29) is 5.75 Å². The van der Waals surface area contributed by atoms with Gasteiger partial charge in [0.05, 0.1) is 12.5 Å². The first-order valence-corrected chi connectivity index (χ1v) is 12.3. The van der Waals surface area contributed by atoms with Gasteiger partial charge in [0, 0.05) is 18.7 Å². The normalized spacial score (nSPS) is 25.3. The number of aliphatic hydroxyl groups is 3. The Hall–Kier alpha value is -1.88. The summed E-state index contributed by atoms with van der Waals surface area (Å²) < 4.78 is 49.1. The Morgan fingerprint density at radius 2 is 1.82 bits per heavy atom. The molecular weight excluding hydrogens is 497 g/mol. The zero-order valence-corrected chi connectivity index (χ0v) is 19.6. The predicted octanol–water partition coefficient (Wildman–Crippen LogP) is 1.12. The van der Waals surface area contributed by atoms with Crippen LogP contribution in [0.15, 0.2) is 24.3 Å².